The van der Waals surface area contributed by atoms with Gasteiger partial charge in [0.15, 0.2) is 5.65 Å². The lowest BCUT2D eigenvalue weighted by Gasteiger charge is -2.10. The molecule has 0 saturated carbocycles. The van der Waals surface area contributed by atoms with Gasteiger partial charge in [-0.25, -0.2) is 9.67 Å². The molecule has 1 amide bonds. The molecule has 4 aromatic rings. The summed E-state index contributed by atoms with van der Waals surface area (Å²) in [5.74, 6) is 6.09. The minimum absolute atomic E-state index is 0.163. The van der Waals surface area contributed by atoms with E-state index in [-0.39, 0.29) is 11.9 Å². The van der Waals surface area contributed by atoms with Crippen LogP contribution >= 0.6 is 11.3 Å². The molecule has 0 bridgehead atoms. The van der Waals surface area contributed by atoms with E-state index in [2.05, 4.69) is 27.2 Å². The zero-order valence-electron chi connectivity index (χ0n) is 16.4. The quantitative estimate of drug-likeness (QED) is 0.491. The zero-order chi connectivity index (χ0) is 20.4. The Morgan fingerprint density at radius 2 is 2.03 bits per heavy atom. The second-order valence-corrected chi connectivity index (χ2v) is 7.94. The highest BCUT2D eigenvalue weighted by Crippen LogP contribution is 2.22. The third-order valence-corrected chi connectivity index (χ3v) is 5.19. The highest BCUT2D eigenvalue weighted by Gasteiger charge is 2.17. The third-order valence-electron chi connectivity index (χ3n) is 4.40. The monoisotopic (exact) mass is 400 g/mol. The van der Waals surface area contributed by atoms with Crippen LogP contribution in [-0.4, -0.2) is 20.7 Å². The molecular formula is C23H20N4OS. The van der Waals surface area contributed by atoms with Crippen LogP contribution in [0.5, 0.6) is 0 Å². The van der Waals surface area contributed by atoms with E-state index in [1.807, 2.05) is 67.2 Å². The maximum atomic E-state index is 13.0. The fraction of sp³-hybridized carbons (Fsp3) is 0.174. The number of amides is 1. The van der Waals surface area contributed by atoms with Crippen LogP contribution in [0.4, 0.5) is 5.69 Å². The second kappa shape index (κ2) is 7.90. The predicted molar refractivity (Wildman–Crippen MR) is 117 cm³/mol. The Bertz CT molecular complexity index is 1240. The van der Waals surface area contributed by atoms with Crippen molar-refractivity contribution in [1.29, 1.82) is 0 Å². The number of pyridine rings is 1. The van der Waals surface area contributed by atoms with Crippen LogP contribution < -0.4 is 5.32 Å². The first-order valence-corrected chi connectivity index (χ1v) is 10.2. The summed E-state index contributed by atoms with van der Waals surface area (Å²) >= 11 is 1.60. The van der Waals surface area contributed by atoms with E-state index in [9.17, 15) is 4.79 Å². The minimum atomic E-state index is -0.188. The summed E-state index contributed by atoms with van der Waals surface area (Å²) in [6.07, 6.45) is 1.71. The molecule has 0 aliphatic heterocycles. The molecule has 0 atom stereocenters. The number of carbonyl (C=O) groups excluding carboxylic acids is 1. The van der Waals surface area contributed by atoms with Crippen molar-refractivity contribution in [2.75, 3.05) is 5.32 Å². The molecule has 4 rings (SSSR count). The Balaban J connectivity index is 1.63. The number of nitrogens with one attached hydrogen (secondary N) is 1. The second-order valence-electron chi connectivity index (χ2n) is 6.99. The first kappa shape index (κ1) is 18.9. The van der Waals surface area contributed by atoms with Crippen LogP contribution in [-0.2, 0) is 0 Å². The van der Waals surface area contributed by atoms with Crippen molar-refractivity contribution in [3.63, 3.8) is 0 Å². The van der Waals surface area contributed by atoms with E-state index >= 15 is 0 Å². The normalized spacial score (nSPS) is 10.8. The fourth-order valence-electron chi connectivity index (χ4n) is 3.07. The number of benzene rings is 1. The van der Waals surface area contributed by atoms with Gasteiger partial charge < -0.3 is 5.32 Å². The lowest BCUT2D eigenvalue weighted by atomic mass is 10.1. The van der Waals surface area contributed by atoms with E-state index < -0.39 is 0 Å². The number of hydrogen-bond acceptors (Lipinski definition) is 4. The van der Waals surface area contributed by atoms with Gasteiger partial charge in [-0.05, 0) is 56.5 Å². The van der Waals surface area contributed by atoms with Crippen molar-refractivity contribution >= 4 is 34.0 Å². The lowest BCUT2D eigenvalue weighted by molar-refractivity contribution is 0.102. The van der Waals surface area contributed by atoms with E-state index in [4.69, 9.17) is 0 Å². The molecule has 29 heavy (non-hydrogen) atoms. The number of carbonyl (C=O) groups is 1. The zero-order valence-corrected chi connectivity index (χ0v) is 17.2. The van der Waals surface area contributed by atoms with Crippen molar-refractivity contribution < 1.29 is 4.79 Å². The van der Waals surface area contributed by atoms with Gasteiger partial charge in [0.2, 0.25) is 0 Å². The molecule has 0 saturated heterocycles. The molecule has 0 aliphatic carbocycles. The standard InChI is InChI=1S/C23H20N4OS/c1-15(2)27-22-21(14-24-27)20(12-16(3)25-22)23(28)26-18-7-4-6-17(13-18)9-10-19-8-5-11-29-19/h4-8,11-15H,1-3H3,(H,26,28). The van der Waals surface area contributed by atoms with E-state index in [0.29, 0.717) is 11.3 Å². The maximum Gasteiger partial charge on any atom is 0.256 e. The van der Waals surface area contributed by atoms with Crippen molar-refractivity contribution in [3.8, 4) is 11.8 Å². The molecule has 144 valence electrons. The summed E-state index contributed by atoms with van der Waals surface area (Å²) in [5.41, 5.74) is 3.61. The summed E-state index contributed by atoms with van der Waals surface area (Å²) in [4.78, 5) is 18.6. The molecule has 1 N–H and O–H groups in total. The van der Waals surface area contributed by atoms with Crippen molar-refractivity contribution in [2.45, 2.75) is 26.8 Å². The number of anilines is 1. The van der Waals surface area contributed by atoms with Gasteiger partial charge >= 0.3 is 0 Å². The van der Waals surface area contributed by atoms with Gasteiger partial charge in [0.1, 0.15) is 0 Å². The van der Waals surface area contributed by atoms with Gasteiger partial charge in [-0.1, -0.05) is 24.0 Å². The molecule has 3 aromatic heterocycles. The minimum Gasteiger partial charge on any atom is -0.322 e. The Hall–Kier alpha value is -3.43. The number of hydrogen-bond donors (Lipinski definition) is 1. The molecule has 3 heterocycles. The van der Waals surface area contributed by atoms with Crippen molar-refractivity contribution in [3.05, 3.63) is 75.7 Å². The van der Waals surface area contributed by atoms with Gasteiger partial charge in [0, 0.05) is 23.0 Å². The van der Waals surface area contributed by atoms with Gasteiger partial charge in [-0.3, -0.25) is 4.79 Å². The lowest BCUT2D eigenvalue weighted by Crippen LogP contribution is -2.13. The molecule has 1 aromatic carbocycles. The van der Waals surface area contributed by atoms with Crippen LogP contribution in [0.3, 0.4) is 0 Å². The number of thiophene rings is 1. The van der Waals surface area contributed by atoms with Crippen molar-refractivity contribution in [2.24, 2.45) is 0 Å². The first-order chi connectivity index (χ1) is 14.0. The van der Waals surface area contributed by atoms with Gasteiger partial charge in [0.25, 0.3) is 5.91 Å². The summed E-state index contributed by atoms with van der Waals surface area (Å²) in [6, 6.07) is 13.5. The molecule has 0 aliphatic rings. The van der Waals surface area contributed by atoms with Crippen LogP contribution in [0.2, 0.25) is 0 Å². The topological polar surface area (TPSA) is 59.8 Å². The average molecular weight is 401 g/mol. The van der Waals surface area contributed by atoms with Gasteiger partial charge in [0.05, 0.1) is 22.0 Å². The molecule has 0 unspecified atom stereocenters. The molecular weight excluding hydrogens is 380 g/mol. The highest BCUT2D eigenvalue weighted by molar-refractivity contribution is 7.10. The highest BCUT2D eigenvalue weighted by atomic mass is 32.1. The van der Waals surface area contributed by atoms with Gasteiger partial charge in [-0.15, -0.1) is 11.3 Å². The van der Waals surface area contributed by atoms with Crippen LogP contribution in [0.15, 0.2) is 54.0 Å². The van der Waals surface area contributed by atoms with E-state index in [1.165, 1.54) is 0 Å². The van der Waals surface area contributed by atoms with Crippen LogP contribution in [0, 0.1) is 18.8 Å². The Kier molecular flexibility index (Phi) is 5.15. The summed E-state index contributed by atoms with van der Waals surface area (Å²) in [6.45, 7) is 5.96. The average Bonchev–Trinajstić information content (AvgIpc) is 3.35. The van der Waals surface area contributed by atoms with Crippen LogP contribution in [0.25, 0.3) is 11.0 Å². The number of aryl methyl sites for hydroxylation is 1. The molecule has 0 fully saturated rings. The maximum absolute atomic E-state index is 13.0. The molecule has 0 spiro atoms. The van der Waals surface area contributed by atoms with Crippen LogP contribution in [0.1, 0.15) is 46.4 Å². The van der Waals surface area contributed by atoms with Crippen molar-refractivity contribution in [1.82, 2.24) is 14.8 Å². The summed E-state index contributed by atoms with van der Waals surface area (Å²) in [5, 5.41) is 10.1. The Morgan fingerprint density at radius 1 is 1.17 bits per heavy atom. The fourth-order valence-corrected chi connectivity index (χ4v) is 3.64. The first-order valence-electron chi connectivity index (χ1n) is 9.33. The summed E-state index contributed by atoms with van der Waals surface area (Å²) < 4.78 is 1.83. The van der Waals surface area contributed by atoms with E-state index in [0.717, 1.165) is 27.2 Å². The molecule has 6 heteroatoms. The Labute approximate surface area is 173 Å². The number of rotatable bonds is 3. The third kappa shape index (κ3) is 4.05. The smallest absolute Gasteiger partial charge is 0.256 e. The van der Waals surface area contributed by atoms with Gasteiger partial charge in [-0.2, -0.15) is 5.10 Å². The number of aromatic nitrogens is 3. The summed E-state index contributed by atoms with van der Waals surface area (Å²) in [7, 11) is 0. The number of fused-ring (bicyclic) bond motifs is 1. The molecule has 0 radical (unpaired) electrons. The SMILES string of the molecule is Cc1cc(C(=O)Nc2cccc(C#Cc3cccs3)c2)c2cnn(C(C)C)c2n1. The molecule has 5 nitrogen and oxygen atoms in total. The largest absolute Gasteiger partial charge is 0.322 e. The predicted octanol–water partition coefficient (Wildman–Crippen LogP) is 5.03. The number of nitrogens with zero attached hydrogens (tertiary/aromatic N) is 3. The Morgan fingerprint density at radius 3 is 2.79 bits per heavy atom. The van der Waals surface area contributed by atoms with E-state index in [1.54, 1.807) is 23.6 Å².